The Morgan fingerprint density at radius 3 is 2.48 bits per heavy atom. The number of ether oxygens (including phenoxy) is 1. The van der Waals surface area contributed by atoms with Gasteiger partial charge in [0.05, 0.1) is 12.8 Å². The van der Waals surface area contributed by atoms with Gasteiger partial charge in [0.15, 0.2) is 5.78 Å². The number of anilines is 1. The Labute approximate surface area is 176 Å². The third-order valence-corrected chi connectivity index (χ3v) is 5.98. The standard InChI is InChI=1S/C24H24ClNO3/c1-24(2)13-20-23(21(27)14-24)19(15-7-9-16(25)10-8-15)12-22(28)26(20)17-5-4-6-18(11-17)29-3/h4-11,19H,12-14H2,1-3H3. The lowest BCUT2D eigenvalue weighted by Crippen LogP contribution is -2.43. The van der Waals surface area contributed by atoms with Gasteiger partial charge in [-0.15, -0.1) is 0 Å². The van der Waals surface area contributed by atoms with E-state index in [4.69, 9.17) is 16.3 Å². The number of methoxy groups -OCH3 is 1. The molecule has 1 heterocycles. The molecule has 0 aromatic heterocycles. The summed E-state index contributed by atoms with van der Waals surface area (Å²) in [6, 6.07) is 14.9. The number of hydrogen-bond donors (Lipinski definition) is 0. The van der Waals surface area contributed by atoms with Gasteiger partial charge < -0.3 is 4.74 Å². The van der Waals surface area contributed by atoms with E-state index < -0.39 is 0 Å². The van der Waals surface area contributed by atoms with Crippen molar-refractivity contribution in [2.24, 2.45) is 5.41 Å². The highest BCUT2D eigenvalue weighted by molar-refractivity contribution is 6.30. The summed E-state index contributed by atoms with van der Waals surface area (Å²) in [7, 11) is 1.60. The highest BCUT2D eigenvalue weighted by atomic mass is 35.5. The van der Waals surface area contributed by atoms with Crippen LogP contribution in [0.3, 0.4) is 0 Å². The van der Waals surface area contributed by atoms with Crippen LogP contribution >= 0.6 is 11.6 Å². The number of Topliss-reactive ketones (excluding diaryl/α,β-unsaturated/α-hetero) is 1. The normalized spacial score (nSPS) is 21.2. The van der Waals surface area contributed by atoms with Crippen LogP contribution in [0.15, 0.2) is 59.8 Å². The predicted octanol–water partition coefficient (Wildman–Crippen LogP) is 5.51. The zero-order valence-electron chi connectivity index (χ0n) is 16.9. The third kappa shape index (κ3) is 3.69. The van der Waals surface area contributed by atoms with Crippen molar-refractivity contribution in [1.82, 2.24) is 0 Å². The molecule has 1 amide bonds. The van der Waals surface area contributed by atoms with Gasteiger partial charge in [-0.3, -0.25) is 14.5 Å². The topological polar surface area (TPSA) is 46.6 Å². The number of benzene rings is 2. The first-order valence-electron chi connectivity index (χ1n) is 9.78. The molecular weight excluding hydrogens is 386 g/mol. The van der Waals surface area contributed by atoms with Crippen LogP contribution in [0.5, 0.6) is 5.75 Å². The van der Waals surface area contributed by atoms with E-state index in [1.165, 1.54) is 0 Å². The van der Waals surface area contributed by atoms with E-state index in [2.05, 4.69) is 13.8 Å². The maximum absolute atomic E-state index is 13.3. The van der Waals surface area contributed by atoms with Crippen molar-refractivity contribution in [2.75, 3.05) is 12.0 Å². The molecule has 4 rings (SSSR count). The minimum Gasteiger partial charge on any atom is -0.497 e. The van der Waals surface area contributed by atoms with Crippen molar-refractivity contribution >= 4 is 29.0 Å². The van der Waals surface area contributed by atoms with Gasteiger partial charge in [0.1, 0.15) is 5.75 Å². The maximum Gasteiger partial charge on any atom is 0.232 e. The van der Waals surface area contributed by atoms with E-state index in [-0.39, 0.29) is 29.4 Å². The predicted molar refractivity (Wildman–Crippen MR) is 114 cm³/mol. The summed E-state index contributed by atoms with van der Waals surface area (Å²) >= 11 is 6.05. The Kier molecular flexibility index (Phi) is 4.99. The van der Waals surface area contributed by atoms with Gasteiger partial charge in [0.25, 0.3) is 0 Å². The van der Waals surface area contributed by atoms with Crippen molar-refractivity contribution in [3.05, 3.63) is 70.4 Å². The quantitative estimate of drug-likeness (QED) is 0.671. The molecule has 0 bridgehead atoms. The van der Waals surface area contributed by atoms with Gasteiger partial charge in [-0.2, -0.15) is 0 Å². The Bertz CT molecular complexity index is 1010. The van der Waals surface area contributed by atoms with Crippen LogP contribution in [0, 0.1) is 5.41 Å². The zero-order chi connectivity index (χ0) is 20.8. The van der Waals surface area contributed by atoms with Crippen molar-refractivity contribution in [1.29, 1.82) is 0 Å². The average molecular weight is 410 g/mol. The van der Waals surface area contributed by atoms with E-state index in [0.29, 0.717) is 23.6 Å². The van der Waals surface area contributed by atoms with Crippen molar-refractivity contribution in [3.63, 3.8) is 0 Å². The van der Waals surface area contributed by atoms with E-state index >= 15 is 0 Å². The van der Waals surface area contributed by atoms with Crippen LogP contribution in [0.4, 0.5) is 5.69 Å². The van der Waals surface area contributed by atoms with Gasteiger partial charge in [-0.05, 0) is 41.7 Å². The first-order valence-corrected chi connectivity index (χ1v) is 10.2. The second-order valence-electron chi connectivity index (χ2n) is 8.54. The molecule has 0 N–H and O–H groups in total. The number of halogens is 1. The minimum atomic E-state index is -0.236. The molecule has 29 heavy (non-hydrogen) atoms. The number of hydrogen-bond acceptors (Lipinski definition) is 3. The van der Waals surface area contributed by atoms with Crippen molar-refractivity contribution in [3.8, 4) is 5.75 Å². The molecule has 1 unspecified atom stereocenters. The van der Waals surface area contributed by atoms with Crippen LogP contribution in [0.1, 0.15) is 44.6 Å². The smallest absolute Gasteiger partial charge is 0.232 e. The Morgan fingerprint density at radius 2 is 1.79 bits per heavy atom. The molecule has 150 valence electrons. The molecule has 2 aromatic rings. The van der Waals surface area contributed by atoms with E-state index in [1.807, 2.05) is 48.5 Å². The molecule has 5 heteroatoms. The highest BCUT2D eigenvalue weighted by Gasteiger charge is 2.44. The Morgan fingerprint density at radius 1 is 1.07 bits per heavy atom. The second kappa shape index (κ2) is 7.34. The van der Waals surface area contributed by atoms with E-state index in [1.54, 1.807) is 12.0 Å². The van der Waals surface area contributed by atoms with Gasteiger partial charge in [-0.1, -0.05) is 43.6 Å². The van der Waals surface area contributed by atoms with Crippen LogP contribution in [-0.2, 0) is 9.59 Å². The van der Waals surface area contributed by atoms with E-state index in [9.17, 15) is 9.59 Å². The van der Waals surface area contributed by atoms with Crippen LogP contribution in [0.2, 0.25) is 5.02 Å². The molecule has 4 nitrogen and oxygen atoms in total. The monoisotopic (exact) mass is 409 g/mol. The summed E-state index contributed by atoms with van der Waals surface area (Å²) in [5, 5.41) is 0.638. The number of rotatable bonds is 3. The molecule has 0 saturated heterocycles. The average Bonchev–Trinajstić information content (AvgIpc) is 2.67. The van der Waals surface area contributed by atoms with Crippen molar-refractivity contribution < 1.29 is 14.3 Å². The van der Waals surface area contributed by atoms with Crippen LogP contribution in [0.25, 0.3) is 0 Å². The highest BCUT2D eigenvalue weighted by Crippen LogP contribution is 2.48. The molecule has 2 aromatic carbocycles. The number of ketones is 1. The van der Waals surface area contributed by atoms with Crippen molar-refractivity contribution in [2.45, 2.75) is 39.0 Å². The van der Waals surface area contributed by atoms with Crippen LogP contribution in [-0.4, -0.2) is 18.8 Å². The Hall–Kier alpha value is -2.59. The third-order valence-electron chi connectivity index (χ3n) is 5.73. The number of nitrogens with zero attached hydrogens (tertiary/aromatic N) is 1. The Balaban J connectivity index is 1.88. The fraction of sp³-hybridized carbons (Fsp3) is 0.333. The summed E-state index contributed by atoms with van der Waals surface area (Å²) in [6.07, 6.45) is 1.40. The lowest BCUT2D eigenvalue weighted by atomic mass is 9.69. The molecule has 0 fully saturated rings. The van der Waals surface area contributed by atoms with Gasteiger partial charge >= 0.3 is 0 Å². The lowest BCUT2D eigenvalue weighted by molar-refractivity contribution is -0.121. The molecule has 0 spiro atoms. The van der Waals surface area contributed by atoms with Gasteiger partial charge in [0.2, 0.25) is 5.91 Å². The largest absolute Gasteiger partial charge is 0.497 e. The summed E-state index contributed by atoms with van der Waals surface area (Å²) in [6.45, 7) is 4.16. The first kappa shape index (κ1) is 19.7. The first-order chi connectivity index (χ1) is 13.8. The number of allylic oxidation sites excluding steroid dienone is 2. The fourth-order valence-electron chi connectivity index (χ4n) is 4.44. The molecule has 0 radical (unpaired) electrons. The molecule has 1 atom stereocenters. The maximum atomic E-state index is 13.3. The zero-order valence-corrected chi connectivity index (χ0v) is 17.6. The summed E-state index contributed by atoms with van der Waals surface area (Å²) in [5.41, 5.74) is 3.06. The lowest BCUT2D eigenvalue weighted by Gasteiger charge is -2.43. The second-order valence-corrected chi connectivity index (χ2v) is 8.98. The van der Waals surface area contributed by atoms with Gasteiger partial charge in [0, 0.05) is 41.1 Å². The molecule has 1 aliphatic carbocycles. The number of amides is 1. The van der Waals surface area contributed by atoms with Crippen LogP contribution < -0.4 is 9.64 Å². The number of carbonyl (C=O) groups excluding carboxylic acids is 2. The molecule has 1 aliphatic heterocycles. The minimum absolute atomic E-state index is 0.0116. The molecular formula is C24H24ClNO3. The molecule has 2 aliphatic rings. The molecule has 0 saturated carbocycles. The summed E-state index contributed by atoms with van der Waals surface area (Å²) in [4.78, 5) is 28.3. The van der Waals surface area contributed by atoms with Gasteiger partial charge in [-0.25, -0.2) is 0 Å². The van der Waals surface area contributed by atoms with E-state index in [0.717, 1.165) is 22.5 Å². The SMILES string of the molecule is COc1cccc(N2C(=O)CC(c3ccc(Cl)cc3)C3=C2CC(C)(C)CC3=O)c1. The summed E-state index contributed by atoms with van der Waals surface area (Å²) < 4.78 is 5.35. The number of carbonyl (C=O) groups is 2. The summed E-state index contributed by atoms with van der Waals surface area (Å²) in [5.74, 6) is 0.554. The fourth-order valence-corrected chi connectivity index (χ4v) is 4.57.